The van der Waals surface area contributed by atoms with Crippen LogP contribution < -0.4 is 4.89 Å². The van der Waals surface area contributed by atoms with Crippen LogP contribution in [0, 0.1) is 0 Å². The summed E-state index contributed by atoms with van der Waals surface area (Å²) in [5, 5.41) is 0. The van der Waals surface area contributed by atoms with Gasteiger partial charge in [-0.25, -0.2) is 0 Å². The number of nitrogens with zero attached hydrogens (tertiary/aromatic N) is 1. The van der Waals surface area contributed by atoms with E-state index in [1.165, 1.54) is 51.4 Å². The minimum absolute atomic E-state index is 0.0376. The number of esters is 2. The van der Waals surface area contributed by atoms with Crippen molar-refractivity contribution in [1.82, 2.24) is 0 Å². The van der Waals surface area contributed by atoms with Gasteiger partial charge in [0.2, 0.25) is 0 Å². The molecule has 0 saturated heterocycles. The maximum Gasteiger partial charge on any atom is 0.306 e. The van der Waals surface area contributed by atoms with Gasteiger partial charge in [0.05, 0.1) is 27.7 Å². The highest BCUT2D eigenvalue weighted by Gasteiger charge is 2.21. The summed E-state index contributed by atoms with van der Waals surface area (Å²) in [5.74, 6) is -0.870. The largest absolute Gasteiger partial charge is 0.756 e. The van der Waals surface area contributed by atoms with Crippen LogP contribution in [0.1, 0.15) is 168 Å². The summed E-state index contributed by atoms with van der Waals surface area (Å²) in [6.45, 7) is 4.13. The zero-order valence-electron chi connectivity index (χ0n) is 35.2. The Morgan fingerprint density at radius 3 is 1.46 bits per heavy atom. The maximum absolute atomic E-state index is 12.6. The number of carbonyl (C=O) groups excluding carboxylic acids is 2. The number of carbonyl (C=O) groups is 2. The fraction of sp³-hybridized carbons (Fsp3) is 0.773. The summed E-state index contributed by atoms with van der Waals surface area (Å²) >= 11 is 0. The average Bonchev–Trinajstić information content (AvgIpc) is 3.12. The highest BCUT2D eigenvalue weighted by molar-refractivity contribution is 7.45. The fourth-order valence-electron chi connectivity index (χ4n) is 5.42. The van der Waals surface area contributed by atoms with Crippen LogP contribution in [-0.2, 0) is 32.7 Å². The quantitative estimate of drug-likeness (QED) is 0.0200. The number of phosphoric acid groups is 1. The van der Waals surface area contributed by atoms with E-state index in [9.17, 15) is 19.0 Å². The van der Waals surface area contributed by atoms with Crippen molar-refractivity contribution >= 4 is 19.8 Å². The predicted octanol–water partition coefficient (Wildman–Crippen LogP) is 11.3. The first-order chi connectivity index (χ1) is 26.0. The van der Waals surface area contributed by atoms with Gasteiger partial charge in [0.15, 0.2) is 6.10 Å². The molecule has 0 N–H and O–H groups in total. The third-order valence-electron chi connectivity index (χ3n) is 8.82. The zero-order chi connectivity index (χ0) is 40.0. The third-order valence-corrected chi connectivity index (χ3v) is 9.79. The summed E-state index contributed by atoms with van der Waals surface area (Å²) < 4.78 is 33.8. The van der Waals surface area contributed by atoms with Gasteiger partial charge in [-0.05, 0) is 77.0 Å². The molecule has 314 valence electrons. The SMILES string of the molecule is CCCCC/C=C\C/C=C/CCCCCCCC(=O)OCC(COP(=O)([O-])OCC[N+](C)(C)C)OC(=O)CCCCCCC/C=C/C/C=C\CCCCC. The number of likely N-dealkylation sites (N-methyl/N-ethyl adjacent to an activating group) is 1. The van der Waals surface area contributed by atoms with E-state index in [1.54, 1.807) is 0 Å². The zero-order valence-corrected chi connectivity index (χ0v) is 36.0. The van der Waals surface area contributed by atoms with Crippen molar-refractivity contribution in [2.45, 2.75) is 174 Å². The van der Waals surface area contributed by atoms with E-state index < -0.39 is 32.5 Å². The van der Waals surface area contributed by atoms with Crippen LogP contribution in [0.5, 0.6) is 0 Å². The molecule has 9 nitrogen and oxygen atoms in total. The van der Waals surface area contributed by atoms with Crippen LogP contribution in [0.4, 0.5) is 0 Å². The van der Waals surface area contributed by atoms with Gasteiger partial charge in [0.1, 0.15) is 19.8 Å². The number of hydrogen-bond donors (Lipinski definition) is 0. The minimum atomic E-state index is -4.63. The molecule has 10 heteroatoms. The lowest BCUT2D eigenvalue weighted by Gasteiger charge is -2.28. The smallest absolute Gasteiger partial charge is 0.306 e. The molecule has 0 rings (SSSR count). The summed E-state index contributed by atoms with van der Waals surface area (Å²) in [5.41, 5.74) is 0. The minimum Gasteiger partial charge on any atom is -0.756 e. The molecule has 0 saturated carbocycles. The number of quaternary nitrogens is 1. The number of rotatable bonds is 38. The van der Waals surface area contributed by atoms with Gasteiger partial charge in [-0.2, -0.15) is 0 Å². The Bertz CT molecular complexity index is 1070. The number of ether oxygens (including phenoxy) is 2. The van der Waals surface area contributed by atoms with Crippen LogP contribution in [-0.4, -0.2) is 70.0 Å². The molecule has 0 radical (unpaired) electrons. The molecule has 2 atom stereocenters. The Morgan fingerprint density at radius 2 is 1.00 bits per heavy atom. The third kappa shape index (κ3) is 39.7. The molecular weight excluding hydrogens is 701 g/mol. The van der Waals surface area contributed by atoms with Gasteiger partial charge in [0, 0.05) is 12.8 Å². The molecule has 54 heavy (non-hydrogen) atoms. The molecule has 0 aliphatic heterocycles. The van der Waals surface area contributed by atoms with Crippen molar-refractivity contribution in [3.05, 3.63) is 48.6 Å². The molecule has 0 fully saturated rings. The Kier molecular flexibility index (Phi) is 35.2. The van der Waals surface area contributed by atoms with E-state index >= 15 is 0 Å². The second-order valence-corrected chi connectivity index (χ2v) is 16.8. The van der Waals surface area contributed by atoms with Crippen LogP contribution in [0.2, 0.25) is 0 Å². The van der Waals surface area contributed by atoms with Crippen LogP contribution in [0.3, 0.4) is 0 Å². The van der Waals surface area contributed by atoms with E-state index in [-0.39, 0.29) is 26.1 Å². The second kappa shape index (κ2) is 36.6. The van der Waals surface area contributed by atoms with Crippen LogP contribution in [0.15, 0.2) is 48.6 Å². The highest BCUT2D eigenvalue weighted by atomic mass is 31.2. The Morgan fingerprint density at radius 1 is 0.574 bits per heavy atom. The van der Waals surface area contributed by atoms with Gasteiger partial charge < -0.3 is 27.9 Å². The van der Waals surface area contributed by atoms with Gasteiger partial charge in [-0.15, -0.1) is 0 Å². The Hall–Kier alpha value is -2.03. The van der Waals surface area contributed by atoms with Gasteiger partial charge in [-0.1, -0.05) is 127 Å². The van der Waals surface area contributed by atoms with E-state index in [2.05, 4.69) is 62.5 Å². The van der Waals surface area contributed by atoms with Crippen molar-refractivity contribution in [2.75, 3.05) is 47.5 Å². The lowest BCUT2D eigenvalue weighted by atomic mass is 10.1. The number of phosphoric ester groups is 1. The molecule has 0 aromatic carbocycles. The van der Waals surface area contributed by atoms with Crippen LogP contribution in [0.25, 0.3) is 0 Å². The molecular formula is C44H80NO8P. The molecule has 0 aliphatic rings. The first-order valence-corrected chi connectivity index (χ1v) is 22.8. The van der Waals surface area contributed by atoms with Gasteiger partial charge in [0.25, 0.3) is 7.82 Å². The van der Waals surface area contributed by atoms with Crippen molar-refractivity contribution < 1.29 is 42.1 Å². The molecule has 0 amide bonds. The first-order valence-electron chi connectivity index (χ1n) is 21.3. The first kappa shape index (κ1) is 52.0. The monoisotopic (exact) mass is 782 g/mol. The summed E-state index contributed by atoms with van der Waals surface area (Å²) in [6.07, 6.45) is 41.3. The lowest BCUT2D eigenvalue weighted by molar-refractivity contribution is -0.870. The average molecular weight is 782 g/mol. The predicted molar refractivity (Wildman–Crippen MR) is 222 cm³/mol. The summed E-state index contributed by atoms with van der Waals surface area (Å²) in [6, 6.07) is 0. The molecule has 0 aromatic rings. The van der Waals surface area contributed by atoms with E-state index in [1.807, 2.05) is 21.1 Å². The number of allylic oxidation sites excluding steroid dienone is 8. The van der Waals surface area contributed by atoms with E-state index in [0.717, 1.165) is 77.0 Å². The lowest BCUT2D eigenvalue weighted by Crippen LogP contribution is -2.37. The van der Waals surface area contributed by atoms with Crippen molar-refractivity contribution in [3.63, 3.8) is 0 Å². The van der Waals surface area contributed by atoms with Gasteiger partial charge in [-0.3, -0.25) is 14.2 Å². The van der Waals surface area contributed by atoms with E-state index in [4.69, 9.17) is 18.5 Å². The fourth-order valence-corrected chi connectivity index (χ4v) is 6.15. The normalized spacial score (nSPS) is 14.1. The summed E-state index contributed by atoms with van der Waals surface area (Å²) in [7, 11) is 1.14. The summed E-state index contributed by atoms with van der Waals surface area (Å²) in [4.78, 5) is 37.5. The maximum atomic E-state index is 12.6. The molecule has 0 spiro atoms. The number of unbranched alkanes of at least 4 members (excludes halogenated alkanes) is 16. The molecule has 0 heterocycles. The Balaban J connectivity index is 4.44. The van der Waals surface area contributed by atoms with Crippen LogP contribution >= 0.6 is 7.82 Å². The van der Waals surface area contributed by atoms with Crippen molar-refractivity contribution in [3.8, 4) is 0 Å². The Labute approximate surface area is 331 Å². The number of hydrogen-bond acceptors (Lipinski definition) is 8. The molecule has 2 unspecified atom stereocenters. The van der Waals surface area contributed by atoms with Crippen molar-refractivity contribution in [1.29, 1.82) is 0 Å². The molecule has 0 bridgehead atoms. The molecule has 0 aromatic heterocycles. The second-order valence-electron chi connectivity index (χ2n) is 15.3. The molecule has 0 aliphatic carbocycles. The van der Waals surface area contributed by atoms with Gasteiger partial charge >= 0.3 is 11.9 Å². The van der Waals surface area contributed by atoms with E-state index in [0.29, 0.717) is 23.9 Å². The standard InChI is InChI=1S/C44H80NO8P/c1-6-8-10-12-14-16-18-20-22-24-26-28-30-32-34-36-43(46)50-40-42(41-52-54(48,49)51-39-38-45(3,4)5)53-44(47)37-35-33-31-29-27-25-23-21-19-17-15-13-11-9-7-2/h14-17,20-23,42H,6-13,18-19,24-41H2,1-5H3/b16-14-,17-15-,22-20+,23-21+. The topological polar surface area (TPSA) is 111 Å². The highest BCUT2D eigenvalue weighted by Crippen LogP contribution is 2.38. The van der Waals surface area contributed by atoms with Crippen molar-refractivity contribution in [2.24, 2.45) is 0 Å².